The van der Waals surface area contributed by atoms with Crippen molar-refractivity contribution in [2.24, 2.45) is 5.73 Å². The average Bonchev–Trinajstić information content (AvgIpc) is 2.15. The molecule has 17 heavy (non-hydrogen) atoms. The van der Waals surface area contributed by atoms with Crippen LogP contribution >= 0.6 is 28.1 Å². The van der Waals surface area contributed by atoms with Gasteiger partial charge in [-0.3, -0.25) is 4.72 Å². The van der Waals surface area contributed by atoms with E-state index in [1.54, 1.807) is 25.1 Å². The average molecular weight is 337 g/mol. The molecule has 0 heterocycles. The summed E-state index contributed by atoms with van der Waals surface area (Å²) in [6.07, 6.45) is 0.547. The van der Waals surface area contributed by atoms with E-state index in [-0.39, 0.29) is 10.7 Å². The van der Waals surface area contributed by atoms with Crippen LogP contribution in [0.3, 0.4) is 0 Å². The number of hydrogen-bond acceptors (Lipinski definition) is 3. The summed E-state index contributed by atoms with van der Waals surface area (Å²) in [4.78, 5) is 0.159. The molecule has 0 amide bonds. The summed E-state index contributed by atoms with van der Waals surface area (Å²) in [5.41, 5.74) is 6.46. The van der Waals surface area contributed by atoms with Crippen LogP contribution in [0.2, 0.25) is 0 Å². The van der Waals surface area contributed by atoms with Crippen LogP contribution in [0, 0.1) is 0 Å². The lowest BCUT2D eigenvalue weighted by Crippen LogP contribution is -2.20. The van der Waals surface area contributed by atoms with Gasteiger partial charge in [0.2, 0.25) is 10.0 Å². The maximum atomic E-state index is 11.7. The van der Waals surface area contributed by atoms with Crippen molar-refractivity contribution >= 4 is 48.8 Å². The van der Waals surface area contributed by atoms with Gasteiger partial charge in [0.15, 0.2) is 0 Å². The largest absolute Gasteiger partial charge is 0.389 e. The van der Waals surface area contributed by atoms with E-state index < -0.39 is 10.0 Å². The van der Waals surface area contributed by atoms with Gasteiger partial charge in [0.05, 0.1) is 11.4 Å². The molecule has 1 aromatic carbocycles. The third-order valence-electron chi connectivity index (χ3n) is 1.99. The van der Waals surface area contributed by atoms with E-state index in [1.165, 1.54) is 0 Å². The molecule has 94 valence electrons. The van der Waals surface area contributed by atoms with Crippen LogP contribution in [0.15, 0.2) is 22.7 Å². The van der Waals surface area contributed by atoms with Crippen molar-refractivity contribution in [2.45, 2.75) is 13.3 Å². The second-order valence-corrected chi connectivity index (χ2v) is 6.67. The Morgan fingerprint density at radius 3 is 2.71 bits per heavy atom. The second-order valence-electron chi connectivity index (χ2n) is 3.48. The van der Waals surface area contributed by atoms with Gasteiger partial charge in [-0.1, -0.05) is 35.1 Å². The predicted molar refractivity (Wildman–Crippen MR) is 77.7 cm³/mol. The van der Waals surface area contributed by atoms with Crippen molar-refractivity contribution in [1.82, 2.24) is 0 Å². The topological polar surface area (TPSA) is 72.2 Å². The zero-order valence-electron chi connectivity index (χ0n) is 9.23. The fourth-order valence-corrected chi connectivity index (χ4v) is 2.99. The molecule has 0 aliphatic heterocycles. The Kier molecular flexibility index (Phi) is 4.91. The number of anilines is 1. The van der Waals surface area contributed by atoms with Crippen molar-refractivity contribution in [3.05, 3.63) is 28.2 Å². The second kappa shape index (κ2) is 5.79. The van der Waals surface area contributed by atoms with Crippen molar-refractivity contribution in [2.75, 3.05) is 10.5 Å². The smallest absolute Gasteiger partial charge is 0.232 e. The van der Waals surface area contributed by atoms with Crippen molar-refractivity contribution < 1.29 is 8.42 Å². The number of nitrogens with two attached hydrogens (primary N) is 1. The first-order valence-corrected chi connectivity index (χ1v) is 7.81. The van der Waals surface area contributed by atoms with E-state index in [1.807, 2.05) is 0 Å². The number of sulfonamides is 1. The Morgan fingerprint density at radius 1 is 1.53 bits per heavy atom. The molecule has 0 bridgehead atoms. The van der Waals surface area contributed by atoms with Gasteiger partial charge in [0, 0.05) is 10.0 Å². The lowest BCUT2D eigenvalue weighted by atomic mass is 10.2. The minimum Gasteiger partial charge on any atom is -0.389 e. The number of hydrogen-bond donors (Lipinski definition) is 2. The zero-order chi connectivity index (χ0) is 13.1. The molecule has 7 heteroatoms. The Balaban J connectivity index is 3.13. The summed E-state index contributed by atoms with van der Waals surface area (Å²) in [5.74, 6) is 0.0658. The van der Waals surface area contributed by atoms with Gasteiger partial charge < -0.3 is 5.73 Å². The van der Waals surface area contributed by atoms with Crippen molar-refractivity contribution in [3.8, 4) is 0 Å². The number of rotatable bonds is 5. The number of benzene rings is 1. The first-order valence-electron chi connectivity index (χ1n) is 4.95. The fraction of sp³-hybridized carbons (Fsp3) is 0.300. The van der Waals surface area contributed by atoms with Crippen LogP contribution < -0.4 is 10.5 Å². The molecule has 0 saturated carbocycles. The van der Waals surface area contributed by atoms with E-state index in [0.717, 1.165) is 4.47 Å². The number of nitrogens with one attached hydrogen (secondary N) is 1. The van der Waals surface area contributed by atoms with E-state index in [4.69, 9.17) is 18.0 Å². The Labute approximate surface area is 115 Å². The number of halogens is 1. The van der Waals surface area contributed by atoms with Gasteiger partial charge >= 0.3 is 0 Å². The van der Waals surface area contributed by atoms with Gasteiger partial charge in [0.1, 0.15) is 4.99 Å². The normalized spacial score (nSPS) is 11.2. The molecule has 0 fully saturated rings. The monoisotopic (exact) mass is 336 g/mol. The molecule has 0 radical (unpaired) electrons. The maximum Gasteiger partial charge on any atom is 0.232 e. The van der Waals surface area contributed by atoms with Crippen LogP contribution in [-0.2, 0) is 10.0 Å². The van der Waals surface area contributed by atoms with Gasteiger partial charge in [-0.25, -0.2) is 8.42 Å². The molecule has 0 aliphatic rings. The molecular formula is C10H13BrN2O2S2. The molecule has 0 spiro atoms. The van der Waals surface area contributed by atoms with E-state index in [0.29, 0.717) is 17.7 Å². The summed E-state index contributed by atoms with van der Waals surface area (Å²) >= 11 is 8.15. The molecule has 0 atom stereocenters. The summed E-state index contributed by atoms with van der Waals surface area (Å²) in [7, 11) is -3.34. The Bertz CT molecular complexity index is 529. The third kappa shape index (κ3) is 4.25. The van der Waals surface area contributed by atoms with E-state index in [2.05, 4.69) is 20.7 Å². The minimum atomic E-state index is -3.34. The van der Waals surface area contributed by atoms with Crippen LogP contribution in [0.5, 0.6) is 0 Å². The summed E-state index contributed by atoms with van der Waals surface area (Å²) in [6, 6.07) is 5.07. The highest BCUT2D eigenvalue weighted by Crippen LogP contribution is 2.22. The summed E-state index contributed by atoms with van der Waals surface area (Å²) in [6.45, 7) is 1.80. The van der Waals surface area contributed by atoms with Crippen LogP contribution in [0.25, 0.3) is 0 Å². The minimum absolute atomic E-state index is 0.0658. The highest BCUT2D eigenvalue weighted by Gasteiger charge is 2.13. The van der Waals surface area contributed by atoms with Gasteiger partial charge in [-0.15, -0.1) is 0 Å². The molecule has 0 unspecified atom stereocenters. The maximum absolute atomic E-state index is 11.7. The first-order chi connectivity index (χ1) is 7.85. The van der Waals surface area contributed by atoms with Crippen LogP contribution in [0.1, 0.15) is 18.9 Å². The van der Waals surface area contributed by atoms with Gasteiger partial charge in [-0.05, 0) is 24.6 Å². The van der Waals surface area contributed by atoms with E-state index in [9.17, 15) is 8.42 Å². The fourth-order valence-electron chi connectivity index (χ4n) is 1.30. The quantitative estimate of drug-likeness (QED) is 0.809. The zero-order valence-corrected chi connectivity index (χ0v) is 12.5. The lowest BCUT2D eigenvalue weighted by molar-refractivity contribution is 0.600. The van der Waals surface area contributed by atoms with Crippen molar-refractivity contribution in [1.29, 1.82) is 0 Å². The predicted octanol–water partition coefficient (Wildman–Crippen LogP) is 2.24. The van der Waals surface area contributed by atoms with E-state index >= 15 is 0 Å². The molecule has 0 saturated heterocycles. The van der Waals surface area contributed by atoms with Gasteiger partial charge in [0.25, 0.3) is 0 Å². The molecule has 1 rings (SSSR count). The Hall–Kier alpha value is -0.660. The first kappa shape index (κ1) is 14.4. The highest BCUT2D eigenvalue weighted by molar-refractivity contribution is 9.10. The number of thiocarbonyl (C=S) groups is 1. The molecular weight excluding hydrogens is 324 g/mol. The standard InChI is InChI=1S/C10H13BrN2O2S2/c1-2-5-17(14,15)13-9-6-7(11)3-4-8(9)10(12)16/h3-4,6,13H,2,5H2,1H3,(H2,12,16). The molecule has 4 nitrogen and oxygen atoms in total. The van der Waals surface area contributed by atoms with Crippen LogP contribution in [-0.4, -0.2) is 19.2 Å². The highest BCUT2D eigenvalue weighted by atomic mass is 79.9. The molecule has 3 N–H and O–H groups in total. The van der Waals surface area contributed by atoms with Crippen LogP contribution in [0.4, 0.5) is 5.69 Å². The van der Waals surface area contributed by atoms with Crippen molar-refractivity contribution in [3.63, 3.8) is 0 Å². The summed E-state index contributed by atoms with van der Waals surface area (Å²) in [5, 5.41) is 0. The molecule has 1 aromatic rings. The molecule has 0 aliphatic carbocycles. The Morgan fingerprint density at radius 2 is 2.18 bits per heavy atom. The third-order valence-corrected chi connectivity index (χ3v) is 4.18. The lowest BCUT2D eigenvalue weighted by Gasteiger charge is -2.11. The summed E-state index contributed by atoms with van der Waals surface area (Å²) < 4.78 is 26.6. The SMILES string of the molecule is CCCS(=O)(=O)Nc1cc(Br)ccc1C(N)=S. The van der Waals surface area contributed by atoms with Gasteiger partial charge in [-0.2, -0.15) is 0 Å². The molecule has 0 aromatic heterocycles.